The maximum absolute atomic E-state index is 12.3. The smallest absolute Gasteiger partial charge is 0.255 e. The number of hydrogen-bond acceptors (Lipinski definition) is 4. The van der Waals surface area contributed by atoms with Gasteiger partial charge in [-0.1, -0.05) is 11.6 Å². The van der Waals surface area contributed by atoms with Crippen molar-refractivity contribution in [3.05, 3.63) is 29.3 Å². The van der Waals surface area contributed by atoms with E-state index in [9.17, 15) is 4.79 Å². The van der Waals surface area contributed by atoms with Gasteiger partial charge in [0.2, 0.25) is 0 Å². The van der Waals surface area contributed by atoms with Gasteiger partial charge in [-0.15, -0.1) is 0 Å². The molecule has 0 spiro atoms. The third-order valence-electron chi connectivity index (χ3n) is 2.79. The van der Waals surface area contributed by atoms with E-state index in [1.54, 1.807) is 11.9 Å². The number of hydrazine groups is 1. The minimum Gasteiger partial charge on any atom is -0.340 e. The molecule has 0 aromatic heterocycles. The molecule has 1 rings (SSSR count). The topological polar surface area (TPSA) is 61.6 Å². The predicted octanol–water partition coefficient (Wildman–Crippen LogP) is 0.914. The summed E-state index contributed by atoms with van der Waals surface area (Å²) in [4.78, 5) is 16.0. The highest BCUT2D eigenvalue weighted by Crippen LogP contribution is 2.17. The maximum atomic E-state index is 12.3. The number of nitrogen functional groups attached to an aromatic ring is 1. The van der Waals surface area contributed by atoms with Crippen molar-refractivity contribution in [2.24, 2.45) is 5.84 Å². The first kappa shape index (κ1) is 14.5. The summed E-state index contributed by atoms with van der Waals surface area (Å²) in [5.74, 6) is 5.41. The van der Waals surface area contributed by atoms with Crippen LogP contribution in [0.25, 0.3) is 0 Å². The van der Waals surface area contributed by atoms with E-state index < -0.39 is 0 Å². The molecule has 5 heteroatoms. The lowest BCUT2D eigenvalue weighted by atomic mass is 10.1. The summed E-state index contributed by atoms with van der Waals surface area (Å²) in [5.41, 5.74) is 4.87. The number of anilines is 1. The Bertz CT molecular complexity index is 417. The van der Waals surface area contributed by atoms with E-state index in [-0.39, 0.29) is 5.91 Å². The molecule has 1 aromatic rings. The molecule has 0 aliphatic carbocycles. The number of aryl methyl sites for hydroxylation is 1. The monoisotopic (exact) mass is 250 g/mol. The minimum absolute atomic E-state index is 0.0199. The Morgan fingerprint density at radius 1 is 1.28 bits per heavy atom. The van der Waals surface area contributed by atoms with Gasteiger partial charge in [0.15, 0.2) is 0 Å². The van der Waals surface area contributed by atoms with Gasteiger partial charge in [0.25, 0.3) is 5.91 Å². The largest absolute Gasteiger partial charge is 0.340 e. The van der Waals surface area contributed by atoms with Gasteiger partial charge in [-0.2, -0.15) is 0 Å². The SMILES string of the molecule is Cc1ccc(NN)c(C(=O)N(C)CCN(C)C)c1. The van der Waals surface area contributed by atoms with Gasteiger partial charge in [0.05, 0.1) is 11.3 Å². The third kappa shape index (κ3) is 3.72. The number of amides is 1. The van der Waals surface area contributed by atoms with Crippen LogP contribution in [0.2, 0.25) is 0 Å². The average Bonchev–Trinajstić information content (AvgIpc) is 2.34. The molecule has 0 heterocycles. The quantitative estimate of drug-likeness (QED) is 0.602. The van der Waals surface area contributed by atoms with Gasteiger partial charge >= 0.3 is 0 Å². The number of nitrogens with two attached hydrogens (primary N) is 1. The number of carbonyl (C=O) groups is 1. The number of likely N-dealkylation sites (N-methyl/N-ethyl adjacent to an activating group) is 2. The van der Waals surface area contributed by atoms with E-state index in [1.165, 1.54) is 0 Å². The Labute approximate surface area is 109 Å². The van der Waals surface area contributed by atoms with Crippen LogP contribution in [0, 0.1) is 6.92 Å². The Morgan fingerprint density at radius 2 is 1.94 bits per heavy atom. The van der Waals surface area contributed by atoms with Crippen LogP contribution in [-0.4, -0.2) is 49.9 Å². The first-order chi connectivity index (χ1) is 8.45. The Balaban J connectivity index is 2.85. The van der Waals surface area contributed by atoms with Crippen molar-refractivity contribution < 1.29 is 4.79 Å². The van der Waals surface area contributed by atoms with Gasteiger partial charge in [0, 0.05) is 20.1 Å². The predicted molar refractivity (Wildman–Crippen MR) is 74.5 cm³/mol. The van der Waals surface area contributed by atoms with Gasteiger partial charge < -0.3 is 15.2 Å². The van der Waals surface area contributed by atoms with Crippen molar-refractivity contribution in [1.29, 1.82) is 0 Å². The molecule has 0 aliphatic heterocycles. The Hall–Kier alpha value is -1.59. The van der Waals surface area contributed by atoms with Crippen LogP contribution in [0.5, 0.6) is 0 Å². The molecule has 18 heavy (non-hydrogen) atoms. The molecule has 0 radical (unpaired) electrons. The standard InChI is InChI=1S/C13H22N4O/c1-10-5-6-12(15-14)11(9-10)13(18)17(4)8-7-16(2)3/h5-6,9,15H,7-8,14H2,1-4H3. The number of carbonyl (C=O) groups excluding carboxylic acids is 1. The number of benzene rings is 1. The van der Waals surface area contributed by atoms with Gasteiger partial charge in [-0.25, -0.2) is 0 Å². The average molecular weight is 250 g/mol. The Morgan fingerprint density at radius 3 is 2.50 bits per heavy atom. The molecule has 0 saturated carbocycles. The van der Waals surface area contributed by atoms with E-state index >= 15 is 0 Å². The highest BCUT2D eigenvalue weighted by molar-refractivity contribution is 5.99. The van der Waals surface area contributed by atoms with E-state index in [4.69, 9.17) is 5.84 Å². The number of hydrogen-bond donors (Lipinski definition) is 2. The zero-order chi connectivity index (χ0) is 13.7. The fraction of sp³-hybridized carbons (Fsp3) is 0.462. The molecule has 0 aliphatic rings. The van der Waals surface area contributed by atoms with Crippen LogP contribution >= 0.6 is 0 Å². The summed E-state index contributed by atoms with van der Waals surface area (Å²) in [7, 11) is 5.77. The van der Waals surface area contributed by atoms with Crippen molar-refractivity contribution in [2.75, 3.05) is 39.7 Å². The summed E-state index contributed by atoms with van der Waals surface area (Å²) in [6.07, 6.45) is 0. The van der Waals surface area contributed by atoms with Crippen molar-refractivity contribution in [3.8, 4) is 0 Å². The molecule has 3 N–H and O–H groups in total. The van der Waals surface area contributed by atoms with Gasteiger partial charge in [-0.05, 0) is 33.2 Å². The second-order valence-electron chi connectivity index (χ2n) is 4.72. The second kappa shape index (κ2) is 6.37. The van der Waals surface area contributed by atoms with Crippen LogP contribution in [0.4, 0.5) is 5.69 Å². The van der Waals surface area contributed by atoms with Crippen LogP contribution in [0.3, 0.4) is 0 Å². The van der Waals surface area contributed by atoms with Crippen LogP contribution < -0.4 is 11.3 Å². The van der Waals surface area contributed by atoms with Gasteiger partial charge in [-0.3, -0.25) is 10.6 Å². The van der Waals surface area contributed by atoms with E-state index in [0.29, 0.717) is 17.8 Å². The van der Waals surface area contributed by atoms with Crippen molar-refractivity contribution in [3.63, 3.8) is 0 Å². The van der Waals surface area contributed by atoms with Crippen molar-refractivity contribution >= 4 is 11.6 Å². The Kier molecular flexibility index (Phi) is 5.12. The first-order valence-electron chi connectivity index (χ1n) is 5.93. The number of rotatable bonds is 5. The molecule has 0 unspecified atom stereocenters. The number of nitrogens with zero attached hydrogens (tertiary/aromatic N) is 2. The zero-order valence-corrected chi connectivity index (χ0v) is 11.5. The summed E-state index contributed by atoms with van der Waals surface area (Å²) < 4.78 is 0. The fourth-order valence-electron chi connectivity index (χ4n) is 1.62. The molecular formula is C13H22N4O. The molecule has 1 aromatic carbocycles. The molecule has 100 valence electrons. The van der Waals surface area contributed by atoms with Crippen molar-refractivity contribution in [1.82, 2.24) is 9.80 Å². The van der Waals surface area contributed by atoms with E-state index in [1.807, 2.05) is 44.1 Å². The van der Waals surface area contributed by atoms with Crippen LogP contribution in [0.15, 0.2) is 18.2 Å². The summed E-state index contributed by atoms with van der Waals surface area (Å²) >= 11 is 0. The second-order valence-corrected chi connectivity index (χ2v) is 4.72. The van der Waals surface area contributed by atoms with Crippen molar-refractivity contribution in [2.45, 2.75) is 6.92 Å². The first-order valence-corrected chi connectivity index (χ1v) is 5.93. The molecule has 0 atom stereocenters. The lowest BCUT2D eigenvalue weighted by Crippen LogP contribution is -2.34. The number of nitrogens with one attached hydrogen (secondary N) is 1. The minimum atomic E-state index is -0.0199. The highest BCUT2D eigenvalue weighted by Gasteiger charge is 2.15. The summed E-state index contributed by atoms with van der Waals surface area (Å²) in [5, 5.41) is 0. The molecule has 0 fully saturated rings. The molecule has 0 saturated heterocycles. The normalized spacial score (nSPS) is 10.6. The summed E-state index contributed by atoms with van der Waals surface area (Å²) in [6, 6.07) is 5.60. The van der Waals surface area contributed by atoms with Crippen LogP contribution in [-0.2, 0) is 0 Å². The molecular weight excluding hydrogens is 228 g/mol. The van der Waals surface area contributed by atoms with Crippen LogP contribution in [0.1, 0.15) is 15.9 Å². The zero-order valence-electron chi connectivity index (χ0n) is 11.5. The summed E-state index contributed by atoms with van der Waals surface area (Å²) in [6.45, 7) is 3.47. The lowest BCUT2D eigenvalue weighted by molar-refractivity contribution is 0.0787. The van der Waals surface area contributed by atoms with E-state index in [0.717, 1.165) is 12.1 Å². The van der Waals surface area contributed by atoms with Gasteiger partial charge in [0.1, 0.15) is 0 Å². The fourth-order valence-corrected chi connectivity index (χ4v) is 1.62. The maximum Gasteiger partial charge on any atom is 0.255 e. The lowest BCUT2D eigenvalue weighted by Gasteiger charge is -2.21. The highest BCUT2D eigenvalue weighted by atomic mass is 16.2. The third-order valence-corrected chi connectivity index (χ3v) is 2.79. The molecule has 5 nitrogen and oxygen atoms in total. The van der Waals surface area contributed by atoms with E-state index in [2.05, 4.69) is 5.43 Å². The molecule has 1 amide bonds. The molecule has 0 bridgehead atoms.